The molecule has 0 aromatic carbocycles. The number of rotatable bonds is 4. The third kappa shape index (κ3) is 2.84. The third-order valence-electron chi connectivity index (χ3n) is 2.63. The van der Waals surface area contributed by atoms with Crippen molar-refractivity contribution in [1.29, 1.82) is 0 Å². The largest absolute Gasteiger partial charge is 0.481 e. The zero-order chi connectivity index (χ0) is 14.8. The maximum atomic E-state index is 12.9. The highest BCUT2D eigenvalue weighted by Gasteiger charge is 2.34. The summed E-state index contributed by atoms with van der Waals surface area (Å²) in [4.78, 5) is 3.77. The van der Waals surface area contributed by atoms with Crippen molar-refractivity contribution in [2.75, 3.05) is 14.2 Å². The molecule has 5 nitrogen and oxygen atoms in total. The van der Waals surface area contributed by atoms with Crippen LogP contribution in [0.5, 0.6) is 11.8 Å². The molecule has 0 atom stereocenters. The highest BCUT2D eigenvalue weighted by atomic mass is 19.4. The lowest BCUT2D eigenvalue weighted by Crippen LogP contribution is -2.14. The number of alkyl halides is 3. The molecular formula is C12H12F3N3O2. The number of nitrogens with zero attached hydrogens (tertiary/aromatic N) is 3. The van der Waals surface area contributed by atoms with E-state index < -0.39 is 11.7 Å². The Morgan fingerprint density at radius 1 is 1.25 bits per heavy atom. The van der Waals surface area contributed by atoms with E-state index in [-0.39, 0.29) is 18.1 Å². The van der Waals surface area contributed by atoms with Gasteiger partial charge < -0.3 is 9.47 Å². The summed E-state index contributed by atoms with van der Waals surface area (Å²) < 4.78 is 49.9. The van der Waals surface area contributed by atoms with Crippen molar-refractivity contribution in [3.63, 3.8) is 0 Å². The zero-order valence-electron chi connectivity index (χ0n) is 10.8. The first-order valence-corrected chi connectivity index (χ1v) is 5.62. The number of hydrogen-bond acceptors (Lipinski definition) is 4. The van der Waals surface area contributed by atoms with E-state index in [1.807, 2.05) is 0 Å². The maximum Gasteiger partial charge on any atom is 0.418 e. The zero-order valence-corrected chi connectivity index (χ0v) is 10.8. The normalized spacial score (nSPS) is 11.4. The van der Waals surface area contributed by atoms with E-state index in [9.17, 15) is 13.2 Å². The number of halogens is 3. The molecule has 0 aliphatic rings. The second kappa shape index (κ2) is 5.40. The van der Waals surface area contributed by atoms with E-state index in [0.717, 1.165) is 6.07 Å². The summed E-state index contributed by atoms with van der Waals surface area (Å²) in [6.07, 6.45) is -3.16. The van der Waals surface area contributed by atoms with Crippen LogP contribution in [0.3, 0.4) is 0 Å². The van der Waals surface area contributed by atoms with Crippen LogP contribution < -0.4 is 9.47 Å². The highest BCUT2D eigenvalue weighted by molar-refractivity contribution is 5.26. The smallest absolute Gasteiger partial charge is 0.418 e. The van der Waals surface area contributed by atoms with E-state index in [2.05, 4.69) is 10.1 Å². The van der Waals surface area contributed by atoms with Gasteiger partial charge in [0.2, 0.25) is 11.8 Å². The molecule has 0 saturated carbocycles. The molecule has 2 heterocycles. The topological polar surface area (TPSA) is 49.2 Å². The first kappa shape index (κ1) is 14.2. The third-order valence-corrected chi connectivity index (χ3v) is 2.63. The molecule has 0 fully saturated rings. The minimum atomic E-state index is -4.46. The van der Waals surface area contributed by atoms with Crippen molar-refractivity contribution in [2.45, 2.75) is 12.7 Å². The minimum Gasteiger partial charge on any atom is -0.481 e. The van der Waals surface area contributed by atoms with Crippen molar-refractivity contribution in [2.24, 2.45) is 0 Å². The van der Waals surface area contributed by atoms with E-state index >= 15 is 0 Å². The van der Waals surface area contributed by atoms with Crippen LogP contribution in [0.1, 0.15) is 11.3 Å². The van der Waals surface area contributed by atoms with Gasteiger partial charge in [0.15, 0.2) is 0 Å². The van der Waals surface area contributed by atoms with Gasteiger partial charge in [-0.15, -0.1) is 5.10 Å². The van der Waals surface area contributed by atoms with E-state index in [0.29, 0.717) is 5.88 Å². The Hall–Kier alpha value is -2.25. The van der Waals surface area contributed by atoms with Crippen LogP contribution in [0.2, 0.25) is 0 Å². The standard InChI is InChI=1S/C12H12F3N3O2/c1-19-10-6-11(20-2)18(17-10)7-9-8(12(13,14)15)4-3-5-16-9/h3-6H,7H2,1-2H3. The second-order valence-electron chi connectivity index (χ2n) is 3.88. The minimum absolute atomic E-state index is 0.135. The van der Waals surface area contributed by atoms with Gasteiger partial charge in [-0.25, -0.2) is 4.68 Å². The number of hydrogen-bond donors (Lipinski definition) is 0. The summed E-state index contributed by atoms with van der Waals surface area (Å²) in [6, 6.07) is 3.71. The Morgan fingerprint density at radius 2 is 2.00 bits per heavy atom. The van der Waals surface area contributed by atoms with Crippen LogP contribution >= 0.6 is 0 Å². The fourth-order valence-corrected chi connectivity index (χ4v) is 1.72. The molecule has 0 spiro atoms. The molecule has 0 radical (unpaired) electrons. The number of aromatic nitrogens is 3. The molecule has 8 heteroatoms. The number of methoxy groups -OCH3 is 2. The number of pyridine rings is 1. The van der Waals surface area contributed by atoms with E-state index in [4.69, 9.17) is 9.47 Å². The molecule has 0 aliphatic carbocycles. The molecule has 0 unspecified atom stereocenters. The van der Waals surface area contributed by atoms with Crippen LogP contribution in [-0.2, 0) is 12.7 Å². The molecule has 0 aliphatic heterocycles. The lowest BCUT2D eigenvalue weighted by atomic mass is 10.2. The van der Waals surface area contributed by atoms with Crippen molar-refractivity contribution < 1.29 is 22.6 Å². The van der Waals surface area contributed by atoms with Crippen molar-refractivity contribution in [3.05, 3.63) is 35.7 Å². The SMILES string of the molecule is COc1cc(OC)n(Cc2ncccc2C(F)(F)F)n1. The Bertz CT molecular complexity index is 596. The molecule has 108 valence electrons. The molecule has 2 rings (SSSR count). The molecule has 0 N–H and O–H groups in total. The summed E-state index contributed by atoms with van der Waals surface area (Å²) in [5, 5.41) is 3.98. The van der Waals surface area contributed by atoms with Crippen LogP contribution in [0.4, 0.5) is 13.2 Å². The predicted molar refractivity (Wildman–Crippen MR) is 63.7 cm³/mol. The van der Waals surface area contributed by atoms with Crippen LogP contribution in [0.25, 0.3) is 0 Å². The lowest BCUT2D eigenvalue weighted by molar-refractivity contribution is -0.138. The molecule has 2 aromatic heterocycles. The summed E-state index contributed by atoms with van der Waals surface area (Å²) in [5.74, 6) is 0.548. The average molecular weight is 287 g/mol. The van der Waals surface area contributed by atoms with Gasteiger partial charge in [0.1, 0.15) is 0 Å². The molecule has 0 saturated heterocycles. The van der Waals surface area contributed by atoms with Gasteiger partial charge in [-0.3, -0.25) is 4.98 Å². The van der Waals surface area contributed by atoms with Crippen molar-refractivity contribution in [1.82, 2.24) is 14.8 Å². The Kier molecular flexibility index (Phi) is 3.82. The van der Waals surface area contributed by atoms with Crippen molar-refractivity contribution >= 4 is 0 Å². The summed E-state index contributed by atoms with van der Waals surface area (Å²) >= 11 is 0. The quantitative estimate of drug-likeness (QED) is 0.866. The molecule has 2 aromatic rings. The van der Waals surface area contributed by atoms with Crippen LogP contribution in [0, 0.1) is 0 Å². The molecule has 20 heavy (non-hydrogen) atoms. The van der Waals surface area contributed by atoms with Gasteiger partial charge >= 0.3 is 6.18 Å². The van der Waals surface area contributed by atoms with Gasteiger partial charge in [0, 0.05) is 6.20 Å². The molecule has 0 bridgehead atoms. The summed E-state index contributed by atoms with van der Waals surface area (Å²) in [5.41, 5.74) is -0.930. The Balaban J connectivity index is 2.38. The average Bonchev–Trinajstić information content (AvgIpc) is 2.80. The van der Waals surface area contributed by atoms with Gasteiger partial charge in [-0.1, -0.05) is 0 Å². The van der Waals surface area contributed by atoms with Crippen LogP contribution in [-0.4, -0.2) is 29.0 Å². The van der Waals surface area contributed by atoms with Gasteiger partial charge in [0.25, 0.3) is 0 Å². The van der Waals surface area contributed by atoms with E-state index in [1.54, 1.807) is 0 Å². The van der Waals surface area contributed by atoms with Crippen molar-refractivity contribution in [3.8, 4) is 11.8 Å². The first-order valence-electron chi connectivity index (χ1n) is 5.62. The Labute approximate surface area is 112 Å². The van der Waals surface area contributed by atoms with Gasteiger partial charge in [0.05, 0.1) is 38.1 Å². The maximum absolute atomic E-state index is 12.9. The Morgan fingerprint density at radius 3 is 2.60 bits per heavy atom. The van der Waals surface area contributed by atoms with E-state index in [1.165, 1.54) is 37.2 Å². The summed E-state index contributed by atoms with van der Waals surface area (Å²) in [6.45, 7) is -0.164. The first-order chi connectivity index (χ1) is 9.45. The molecular weight excluding hydrogens is 275 g/mol. The monoisotopic (exact) mass is 287 g/mol. The fourth-order valence-electron chi connectivity index (χ4n) is 1.72. The summed E-state index contributed by atoms with van der Waals surface area (Å²) in [7, 11) is 2.81. The molecule has 0 amide bonds. The fraction of sp³-hybridized carbons (Fsp3) is 0.333. The lowest BCUT2D eigenvalue weighted by Gasteiger charge is -2.12. The highest BCUT2D eigenvalue weighted by Crippen LogP contribution is 2.32. The predicted octanol–water partition coefficient (Wildman–Crippen LogP) is 2.36. The van der Waals surface area contributed by atoms with Crippen LogP contribution in [0.15, 0.2) is 24.4 Å². The van der Waals surface area contributed by atoms with Gasteiger partial charge in [-0.2, -0.15) is 13.2 Å². The van der Waals surface area contributed by atoms with Gasteiger partial charge in [-0.05, 0) is 12.1 Å². The second-order valence-corrected chi connectivity index (χ2v) is 3.88. The number of ether oxygens (including phenoxy) is 2.